The van der Waals surface area contributed by atoms with Crippen molar-refractivity contribution < 1.29 is 37.3 Å². The number of esters is 1. The van der Waals surface area contributed by atoms with Crippen LogP contribution in [0.4, 0.5) is 14.5 Å². The molecule has 0 bridgehead atoms. The molecule has 0 aliphatic carbocycles. The molecule has 1 amide bonds. The van der Waals surface area contributed by atoms with Gasteiger partial charge < -0.3 is 24.3 Å². The fourth-order valence-electron chi connectivity index (χ4n) is 2.68. The molecule has 7 nitrogen and oxygen atoms in total. The van der Waals surface area contributed by atoms with Crippen molar-refractivity contribution in [3.8, 4) is 17.2 Å². The Balaban J connectivity index is 2.15. The molecule has 0 spiro atoms. The maximum absolute atomic E-state index is 12.7. The van der Waals surface area contributed by atoms with Crippen LogP contribution < -0.4 is 19.5 Å². The van der Waals surface area contributed by atoms with Gasteiger partial charge in [0, 0.05) is 18.6 Å². The number of ether oxygens (including phenoxy) is 4. The number of hydrogen-bond donors (Lipinski definition) is 1. The molecule has 0 fully saturated rings. The standard InChI is InChI=1S/C21H23F2NO6/c1-4-29-14-8-5-13(6-9-14)7-10-19(25)24-16-12-18(30-21(22)23)17(27-2)11-15(16)20(26)28-3/h5-6,8-9,11-12,21H,4,7,10H2,1-3H3,(H,24,25). The number of benzene rings is 2. The lowest BCUT2D eigenvalue weighted by Gasteiger charge is -2.15. The molecule has 0 aliphatic heterocycles. The number of anilines is 1. The summed E-state index contributed by atoms with van der Waals surface area (Å²) in [5, 5.41) is 2.55. The zero-order valence-corrected chi connectivity index (χ0v) is 16.9. The molecular weight excluding hydrogens is 400 g/mol. The number of aryl methyl sites for hydroxylation is 1. The summed E-state index contributed by atoms with van der Waals surface area (Å²) >= 11 is 0. The number of hydrogen-bond acceptors (Lipinski definition) is 6. The summed E-state index contributed by atoms with van der Waals surface area (Å²) in [5.41, 5.74) is 0.846. The van der Waals surface area contributed by atoms with Gasteiger partial charge in [-0.15, -0.1) is 0 Å². The summed E-state index contributed by atoms with van der Waals surface area (Å²) < 4.78 is 44.8. The number of alkyl halides is 2. The first-order valence-electron chi connectivity index (χ1n) is 9.14. The Hall–Kier alpha value is -3.36. The predicted octanol–water partition coefficient (Wildman–Crippen LogP) is 4.05. The molecule has 1 N–H and O–H groups in total. The van der Waals surface area contributed by atoms with Crippen LogP contribution in [0.25, 0.3) is 0 Å². The normalized spacial score (nSPS) is 10.5. The van der Waals surface area contributed by atoms with Crippen LogP contribution in [0.5, 0.6) is 17.2 Å². The minimum atomic E-state index is -3.11. The Morgan fingerprint density at radius 2 is 1.77 bits per heavy atom. The number of carbonyl (C=O) groups excluding carboxylic acids is 2. The molecule has 2 aromatic carbocycles. The van der Waals surface area contributed by atoms with E-state index in [1.54, 1.807) is 0 Å². The second kappa shape index (κ2) is 11.0. The van der Waals surface area contributed by atoms with Crippen molar-refractivity contribution >= 4 is 17.6 Å². The third-order valence-corrected chi connectivity index (χ3v) is 4.07. The predicted molar refractivity (Wildman–Crippen MR) is 106 cm³/mol. The van der Waals surface area contributed by atoms with Crippen LogP contribution in [0.1, 0.15) is 29.3 Å². The second-order valence-electron chi connectivity index (χ2n) is 6.04. The van der Waals surface area contributed by atoms with Gasteiger partial charge >= 0.3 is 12.6 Å². The number of amides is 1. The highest BCUT2D eigenvalue weighted by atomic mass is 19.3. The zero-order valence-electron chi connectivity index (χ0n) is 16.9. The number of nitrogens with one attached hydrogen (secondary N) is 1. The smallest absolute Gasteiger partial charge is 0.387 e. The van der Waals surface area contributed by atoms with Crippen molar-refractivity contribution in [3.63, 3.8) is 0 Å². The number of rotatable bonds is 10. The quantitative estimate of drug-likeness (QED) is 0.581. The molecule has 0 heterocycles. The lowest BCUT2D eigenvalue weighted by molar-refractivity contribution is -0.116. The summed E-state index contributed by atoms with van der Waals surface area (Å²) in [5.74, 6) is -0.857. The van der Waals surface area contributed by atoms with Gasteiger partial charge in [0.1, 0.15) is 5.75 Å². The van der Waals surface area contributed by atoms with Gasteiger partial charge in [0.15, 0.2) is 11.5 Å². The van der Waals surface area contributed by atoms with E-state index in [2.05, 4.69) is 10.1 Å². The van der Waals surface area contributed by atoms with E-state index in [-0.39, 0.29) is 29.2 Å². The van der Waals surface area contributed by atoms with Gasteiger partial charge in [0.05, 0.1) is 32.1 Å². The van der Waals surface area contributed by atoms with Crippen LogP contribution in [-0.4, -0.2) is 39.3 Å². The van der Waals surface area contributed by atoms with Crippen molar-refractivity contribution in [2.24, 2.45) is 0 Å². The maximum atomic E-state index is 12.7. The molecule has 162 valence electrons. The topological polar surface area (TPSA) is 83.1 Å². The molecule has 0 saturated heterocycles. The molecule has 9 heteroatoms. The van der Waals surface area contributed by atoms with E-state index in [1.807, 2.05) is 31.2 Å². The van der Waals surface area contributed by atoms with E-state index >= 15 is 0 Å². The fraction of sp³-hybridized carbons (Fsp3) is 0.333. The molecule has 2 rings (SSSR count). The molecule has 2 aromatic rings. The van der Waals surface area contributed by atoms with Gasteiger partial charge in [-0.25, -0.2) is 4.79 Å². The van der Waals surface area contributed by atoms with Gasteiger partial charge in [-0.2, -0.15) is 8.78 Å². The first-order valence-corrected chi connectivity index (χ1v) is 9.14. The van der Waals surface area contributed by atoms with Crippen LogP contribution in [0.2, 0.25) is 0 Å². The highest BCUT2D eigenvalue weighted by molar-refractivity contribution is 6.02. The summed E-state index contributed by atoms with van der Waals surface area (Å²) in [7, 11) is 2.40. The van der Waals surface area contributed by atoms with E-state index < -0.39 is 18.5 Å². The van der Waals surface area contributed by atoms with Crippen LogP contribution in [0, 0.1) is 0 Å². The largest absolute Gasteiger partial charge is 0.494 e. The highest BCUT2D eigenvalue weighted by Crippen LogP contribution is 2.35. The van der Waals surface area contributed by atoms with Gasteiger partial charge in [0.25, 0.3) is 0 Å². The van der Waals surface area contributed by atoms with Crippen molar-refractivity contribution in [3.05, 3.63) is 47.5 Å². The fourth-order valence-corrected chi connectivity index (χ4v) is 2.68. The van der Waals surface area contributed by atoms with Crippen molar-refractivity contribution in [2.75, 3.05) is 26.1 Å². The Kier molecular flexibility index (Phi) is 8.40. The van der Waals surface area contributed by atoms with E-state index in [9.17, 15) is 18.4 Å². The lowest BCUT2D eigenvalue weighted by atomic mass is 10.1. The van der Waals surface area contributed by atoms with E-state index in [1.165, 1.54) is 13.2 Å². The van der Waals surface area contributed by atoms with Gasteiger partial charge in [0.2, 0.25) is 5.91 Å². The van der Waals surface area contributed by atoms with Gasteiger partial charge in [-0.1, -0.05) is 12.1 Å². The SMILES string of the molecule is CCOc1ccc(CCC(=O)Nc2cc(OC(F)F)c(OC)cc2C(=O)OC)cc1. The number of halogens is 2. The Labute approximate surface area is 172 Å². The highest BCUT2D eigenvalue weighted by Gasteiger charge is 2.21. The minimum absolute atomic E-state index is 0.0185. The molecule has 0 unspecified atom stereocenters. The Morgan fingerprint density at radius 3 is 2.33 bits per heavy atom. The monoisotopic (exact) mass is 423 g/mol. The molecular formula is C21H23F2NO6. The lowest BCUT2D eigenvalue weighted by Crippen LogP contribution is -2.16. The maximum Gasteiger partial charge on any atom is 0.387 e. The zero-order chi connectivity index (χ0) is 22.1. The molecule has 30 heavy (non-hydrogen) atoms. The minimum Gasteiger partial charge on any atom is -0.494 e. The van der Waals surface area contributed by atoms with E-state index in [0.717, 1.165) is 24.5 Å². The third-order valence-electron chi connectivity index (χ3n) is 4.07. The van der Waals surface area contributed by atoms with Crippen molar-refractivity contribution in [2.45, 2.75) is 26.4 Å². The Morgan fingerprint density at radius 1 is 1.07 bits per heavy atom. The Bertz CT molecular complexity index is 871. The van der Waals surface area contributed by atoms with Crippen LogP contribution in [0.15, 0.2) is 36.4 Å². The van der Waals surface area contributed by atoms with Gasteiger partial charge in [-0.3, -0.25) is 4.79 Å². The second-order valence-corrected chi connectivity index (χ2v) is 6.04. The number of methoxy groups -OCH3 is 2. The first-order chi connectivity index (χ1) is 14.4. The van der Waals surface area contributed by atoms with Crippen LogP contribution in [0.3, 0.4) is 0 Å². The van der Waals surface area contributed by atoms with Gasteiger partial charge in [-0.05, 0) is 31.0 Å². The number of carbonyl (C=O) groups is 2. The van der Waals surface area contributed by atoms with Crippen molar-refractivity contribution in [1.29, 1.82) is 0 Å². The van der Waals surface area contributed by atoms with Crippen molar-refractivity contribution in [1.82, 2.24) is 0 Å². The summed E-state index contributed by atoms with van der Waals surface area (Å²) in [6, 6.07) is 9.59. The molecule has 0 atom stereocenters. The molecule has 0 saturated carbocycles. The average Bonchev–Trinajstić information content (AvgIpc) is 2.72. The average molecular weight is 423 g/mol. The summed E-state index contributed by atoms with van der Waals surface area (Å²) in [6.07, 6.45) is 0.536. The van der Waals surface area contributed by atoms with E-state index in [0.29, 0.717) is 13.0 Å². The molecule has 0 radical (unpaired) electrons. The van der Waals surface area contributed by atoms with E-state index in [4.69, 9.17) is 14.2 Å². The summed E-state index contributed by atoms with van der Waals surface area (Å²) in [4.78, 5) is 24.5. The summed E-state index contributed by atoms with van der Waals surface area (Å²) in [6.45, 7) is -0.660. The first kappa shape index (κ1) is 22.9. The van der Waals surface area contributed by atoms with Crippen LogP contribution in [-0.2, 0) is 16.0 Å². The van der Waals surface area contributed by atoms with Crippen LogP contribution >= 0.6 is 0 Å². The molecule has 0 aromatic heterocycles. The third kappa shape index (κ3) is 6.33. The molecule has 0 aliphatic rings.